The molecular formula is C7H13N3O3S. The minimum absolute atomic E-state index is 0.0433. The van der Waals surface area contributed by atoms with E-state index >= 15 is 0 Å². The molecule has 0 spiro atoms. The highest BCUT2D eigenvalue weighted by Crippen LogP contribution is 2.09. The number of aromatic nitrogens is 2. The molecule has 6 nitrogen and oxygen atoms in total. The van der Waals surface area contributed by atoms with Gasteiger partial charge in [0.05, 0.1) is 11.8 Å². The van der Waals surface area contributed by atoms with E-state index in [0.717, 1.165) is 0 Å². The van der Waals surface area contributed by atoms with Crippen molar-refractivity contribution in [1.29, 1.82) is 0 Å². The Bertz CT molecular complexity index is 377. The van der Waals surface area contributed by atoms with E-state index in [1.807, 2.05) is 4.89 Å². The molecule has 1 heterocycles. The summed E-state index contributed by atoms with van der Waals surface area (Å²) in [7, 11) is -3.62. The van der Waals surface area contributed by atoms with Gasteiger partial charge in [-0.2, -0.15) is 5.10 Å². The predicted molar refractivity (Wildman–Crippen MR) is 49.7 cm³/mol. The van der Waals surface area contributed by atoms with E-state index < -0.39 is 15.6 Å². The molecule has 80 valence electrons. The van der Waals surface area contributed by atoms with Crippen LogP contribution in [0.15, 0.2) is 17.3 Å². The van der Waals surface area contributed by atoms with Crippen LogP contribution in [0.4, 0.5) is 0 Å². The second kappa shape index (κ2) is 3.68. The van der Waals surface area contributed by atoms with Gasteiger partial charge >= 0.3 is 0 Å². The molecule has 0 bridgehead atoms. The van der Waals surface area contributed by atoms with E-state index in [4.69, 9.17) is 4.84 Å². The van der Waals surface area contributed by atoms with Crippen molar-refractivity contribution < 1.29 is 13.3 Å². The van der Waals surface area contributed by atoms with Gasteiger partial charge in [-0.15, -0.1) is 0 Å². The van der Waals surface area contributed by atoms with Crippen LogP contribution in [0.3, 0.4) is 0 Å². The maximum atomic E-state index is 11.4. The van der Waals surface area contributed by atoms with Crippen molar-refractivity contribution in [1.82, 2.24) is 15.1 Å². The Balaban J connectivity index is 2.70. The zero-order valence-electron chi connectivity index (χ0n) is 8.23. The van der Waals surface area contributed by atoms with Gasteiger partial charge in [0.15, 0.2) is 0 Å². The van der Waals surface area contributed by atoms with Crippen LogP contribution in [0.5, 0.6) is 0 Å². The summed E-state index contributed by atoms with van der Waals surface area (Å²) in [5.74, 6) is 0. The Labute approximate surface area is 82.7 Å². The number of nitrogens with one attached hydrogen (secondary N) is 2. The average molecular weight is 219 g/mol. The van der Waals surface area contributed by atoms with Crippen molar-refractivity contribution >= 4 is 10.0 Å². The molecule has 0 amide bonds. The average Bonchev–Trinajstić information content (AvgIpc) is 2.52. The van der Waals surface area contributed by atoms with Crippen LogP contribution < -0.4 is 4.89 Å². The Kier molecular flexibility index (Phi) is 2.93. The SMILES string of the molecule is CC(C)(C)ONS(=O)(=O)c1cn[nH]c1. The lowest BCUT2D eigenvalue weighted by Crippen LogP contribution is -2.33. The molecule has 7 heteroatoms. The smallest absolute Gasteiger partial charge is 0.265 e. The zero-order chi connectivity index (χ0) is 10.8. The summed E-state index contributed by atoms with van der Waals surface area (Å²) in [6, 6.07) is 0. The van der Waals surface area contributed by atoms with Gasteiger partial charge in [-0.1, -0.05) is 4.89 Å². The first-order chi connectivity index (χ1) is 6.31. The second-order valence-corrected chi connectivity index (χ2v) is 5.38. The fourth-order valence-corrected chi connectivity index (χ4v) is 1.47. The van der Waals surface area contributed by atoms with Crippen molar-refractivity contribution in [2.24, 2.45) is 0 Å². The molecule has 0 saturated carbocycles. The molecule has 0 aromatic carbocycles. The molecule has 0 saturated heterocycles. The summed E-state index contributed by atoms with van der Waals surface area (Å²) in [4.78, 5) is 7.00. The zero-order valence-corrected chi connectivity index (χ0v) is 9.05. The van der Waals surface area contributed by atoms with Gasteiger partial charge in [0, 0.05) is 6.20 Å². The van der Waals surface area contributed by atoms with E-state index in [9.17, 15) is 8.42 Å². The summed E-state index contributed by atoms with van der Waals surface area (Å²) in [5, 5.41) is 5.94. The summed E-state index contributed by atoms with van der Waals surface area (Å²) < 4.78 is 22.9. The fourth-order valence-electron chi connectivity index (χ4n) is 0.614. The van der Waals surface area contributed by atoms with Gasteiger partial charge in [0.25, 0.3) is 10.0 Å². The number of H-pyrrole nitrogens is 1. The highest BCUT2D eigenvalue weighted by molar-refractivity contribution is 7.89. The van der Waals surface area contributed by atoms with E-state index in [2.05, 4.69) is 10.2 Å². The number of hydrogen-bond acceptors (Lipinski definition) is 4. The van der Waals surface area contributed by atoms with Crippen LogP contribution >= 0.6 is 0 Å². The van der Waals surface area contributed by atoms with E-state index in [1.54, 1.807) is 20.8 Å². The third kappa shape index (κ3) is 3.09. The maximum absolute atomic E-state index is 11.4. The molecule has 0 aliphatic rings. The molecule has 0 fully saturated rings. The first kappa shape index (κ1) is 11.2. The number of nitrogens with zero attached hydrogens (tertiary/aromatic N) is 1. The van der Waals surface area contributed by atoms with Gasteiger partial charge < -0.3 is 0 Å². The van der Waals surface area contributed by atoms with Crippen molar-refractivity contribution in [3.8, 4) is 0 Å². The van der Waals surface area contributed by atoms with Crippen LogP contribution in [0.2, 0.25) is 0 Å². The summed E-state index contributed by atoms with van der Waals surface area (Å²) in [6.45, 7) is 5.22. The molecule has 0 aliphatic heterocycles. The van der Waals surface area contributed by atoms with Crippen LogP contribution in [0.25, 0.3) is 0 Å². The number of hydrogen-bond donors (Lipinski definition) is 2. The van der Waals surface area contributed by atoms with Crippen molar-refractivity contribution in [3.05, 3.63) is 12.4 Å². The van der Waals surface area contributed by atoms with E-state index in [-0.39, 0.29) is 4.90 Å². The van der Waals surface area contributed by atoms with Gasteiger partial charge in [-0.05, 0) is 20.8 Å². The summed E-state index contributed by atoms with van der Waals surface area (Å²) >= 11 is 0. The molecule has 1 rings (SSSR count). The monoisotopic (exact) mass is 219 g/mol. The number of sulfonamides is 1. The van der Waals surface area contributed by atoms with Gasteiger partial charge in [0.1, 0.15) is 4.90 Å². The summed E-state index contributed by atoms with van der Waals surface area (Å²) in [5.41, 5.74) is -0.573. The van der Waals surface area contributed by atoms with Crippen molar-refractivity contribution in [3.63, 3.8) is 0 Å². The number of aromatic amines is 1. The Morgan fingerprint density at radius 1 is 1.50 bits per heavy atom. The van der Waals surface area contributed by atoms with Gasteiger partial charge in [-0.25, -0.2) is 8.42 Å². The fraction of sp³-hybridized carbons (Fsp3) is 0.571. The Morgan fingerprint density at radius 3 is 2.57 bits per heavy atom. The first-order valence-electron chi connectivity index (χ1n) is 4.00. The normalized spacial score (nSPS) is 13.1. The van der Waals surface area contributed by atoms with Crippen LogP contribution in [0.1, 0.15) is 20.8 Å². The minimum atomic E-state index is -3.62. The Hall–Kier alpha value is -0.920. The molecule has 14 heavy (non-hydrogen) atoms. The van der Waals surface area contributed by atoms with Crippen LogP contribution in [-0.2, 0) is 14.9 Å². The topological polar surface area (TPSA) is 84.1 Å². The highest BCUT2D eigenvalue weighted by atomic mass is 32.2. The largest absolute Gasteiger partial charge is 0.284 e. The second-order valence-electron chi connectivity index (χ2n) is 3.74. The number of rotatable bonds is 3. The quantitative estimate of drug-likeness (QED) is 0.721. The minimum Gasteiger partial charge on any atom is -0.284 e. The lowest BCUT2D eigenvalue weighted by molar-refractivity contribution is -0.0357. The molecule has 0 radical (unpaired) electrons. The maximum Gasteiger partial charge on any atom is 0.265 e. The predicted octanol–water partition coefficient (Wildman–Crippen LogP) is 0.418. The van der Waals surface area contributed by atoms with E-state index in [1.165, 1.54) is 12.4 Å². The molecular weight excluding hydrogens is 206 g/mol. The molecule has 1 aromatic heterocycles. The molecule has 1 aromatic rings. The van der Waals surface area contributed by atoms with Crippen LogP contribution in [0, 0.1) is 0 Å². The van der Waals surface area contributed by atoms with E-state index in [0.29, 0.717) is 0 Å². The first-order valence-corrected chi connectivity index (χ1v) is 5.48. The lowest BCUT2D eigenvalue weighted by atomic mass is 10.2. The lowest BCUT2D eigenvalue weighted by Gasteiger charge is -2.18. The standard InChI is InChI=1S/C7H13N3O3S/c1-7(2,3)13-10-14(11,12)6-4-8-9-5-6/h4-5,10H,1-3H3,(H,8,9). The van der Waals surface area contributed by atoms with Crippen LogP contribution in [-0.4, -0.2) is 24.2 Å². The molecule has 0 aliphatic carbocycles. The van der Waals surface area contributed by atoms with Gasteiger partial charge in [0.2, 0.25) is 0 Å². The van der Waals surface area contributed by atoms with Gasteiger partial charge in [-0.3, -0.25) is 9.94 Å². The Morgan fingerprint density at radius 2 is 2.14 bits per heavy atom. The van der Waals surface area contributed by atoms with Crippen molar-refractivity contribution in [2.75, 3.05) is 0 Å². The highest BCUT2D eigenvalue weighted by Gasteiger charge is 2.19. The third-order valence-electron chi connectivity index (χ3n) is 1.24. The van der Waals surface area contributed by atoms with Crippen molar-refractivity contribution in [2.45, 2.75) is 31.3 Å². The molecule has 0 unspecified atom stereocenters. The molecule has 0 atom stereocenters. The molecule has 2 N–H and O–H groups in total. The summed E-state index contributed by atoms with van der Waals surface area (Å²) in [6.07, 6.45) is 2.47. The third-order valence-corrected chi connectivity index (χ3v) is 2.39.